The third kappa shape index (κ3) is 4.55. The van der Waals surface area contributed by atoms with Crippen LogP contribution in [-0.2, 0) is 13.0 Å². The maximum Gasteiger partial charge on any atom is 0.270 e. The lowest BCUT2D eigenvalue weighted by Crippen LogP contribution is -2.29. The highest BCUT2D eigenvalue weighted by Crippen LogP contribution is 2.32. The normalized spacial score (nSPS) is 12.9. The number of nitrogens with one attached hydrogen (secondary N) is 1. The van der Waals surface area contributed by atoms with Gasteiger partial charge in [-0.2, -0.15) is 0 Å². The highest BCUT2D eigenvalue weighted by atomic mass is 35.5. The molecule has 4 rings (SSSR count). The van der Waals surface area contributed by atoms with Gasteiger partial charge in [-0.25, -0.2) is 8.78 Å². The van der Waals surface area contributed by atoms with Crippen LogP contribution >= 0.6 is 11.6 Å². The SMILES string of the molecule is O=C(Nc1ccc2c(c1)CCCN2Cc1ccc(F)cc1F)c1cc([N+](=O)[O-])ccc1Cl. The fourth-order valence-corrected chi connectivity index (χ4v) is 3.98. The summed E-state index contributed by atoms with van der Waals surface area (Å²) in [6.45, 7) is 1.02. The summed E-state index contributed by atoms with van der Waals surface area (Å²) in [7, 11) is 0. The third-order valence-corrected chi connectivity index (χ3v) is 5.66. The summed E-state index contributed by atoms with van der Waals surface area (Å²) in [6.07, 6.45) is 1.61. The number of rotatable bonds is 5. The van der Waals surface area contributed by atoms with Gasteiger partial charge in [-0.3, -0.25) is 14.9 Å². The smallest absolute Gasteiger partial charge is 0.270 e. The van der Waals surface area contributed by atoms with Gasteiger partial charge in [0.05, 0.1) is 15.5 Å². The van der Waals surface area contributed by atoms with Crippen LogP contribution in [0.5, 0.6) is 0 Å². The number of hydrogen-bond acceptors (Lipinski definition) is 4. The van der Waals surface area contributed by atoms with Crippen molar-refractivity contribution in [3.63, 3.8) is 0 Å². The zero-order valence-corrected chi connectivity index (χ0v) is 17.5. The Morgan fingerprint density at radius 2 is 1.94 bits per heavy atom. The number of non-ortho nitro benzene ring substituents is 1. The highest BCUT2D eigenvalue weighted by Gasteiger charge is 2.20. The van der Waals surface area contributed by atoms with Crippen molar-refractivity contribution < 1.29 is 18.5 Å². The number of nitro benzene ring substituents is 1. The number of fused-ring (bicyclic) bond motifs is 1. The van der Waals surface area contributed by atoms with Gasteiger partial charge in [0.2, 0.25) is 0 Å². The minimum atomic E-state index is -0.616. The van der Waals surface area contributed by atoms with Gasteiger partial charge in [0.25, 0.3) is 11.6 Å². The standard InChI is InChI=1S/C23H18ClF2N3O3/c24-20-7-6-18(29(31)32)12-19(20)23(30)27-17-5-8-22-14(10-17)2-1-9-28(22)13-15-3-4-16(25)11-21(15)26/h3-8,10-12H,1-2,9,13H2,(H,27,30). The molecule has 3 aromatic rings. The zero-order valence-electron chi connectivity index (χ0n) is 16.8. The number of anilines is 2. The number of nitrogens with zero attached hydrogens (tertiary/aromatic N) is 2. The first-order valence-corrected chi connectivity index (χ1v) is 10.3. The number of carbonyl (C=O) groups is 1. The van der Waals surface area contributed by atoms with Crippen LogP contribution < -0.4 is 10.2 Å². The molecule has 0 saturated carbocycles. The Morgan fingerprint density at radius 3 is 2.69 bits per heavy atom. The monoisotopic (exact) mass is 457 g/mol. The summed E-state index contributed by atoms with van der Waals surface area (Å²) in [4.78, 5) is 25.1. The summed E-state index contributed by atoms with van der Waals surface area (Å²) in [5.74, 6) is -1.76. The molecule has 0 radical (unpaired) electrons. The number of carbonyl (C=O) groups excluding carboxylic acids is 1. The maximum atomic E-state index is 14.1. The molecule has 6 nitrogen and oxygen atoms in total. The predicted octanol–water partition coefficient (Wildman–Crippen LogP) is 5.73. The minimum Gasteiger partial charge on any atom is -0.367 e. The quantitative estimate of drug-likeness (QED) is 0.392. The highest BCUT2D eigenvalue weighted by molar-refractivity contribution is 6.34. The molecule has 1 aliphatic rings. The van der Waals surface area contributed by atoms with Crippen LogP contribution in [0.15, 0.2) is 54.6 Å². The molecule has 0 spiro atoms. The molecule has 1 amide bonds. The maximum absolute atomic E-state index is 14.1. The van der Waals surface area contributed by atoms with Crippen molar-refractivity contribution in [2.45, 2.75) is 19.4 Å². The van der Waals surface area contributed by atoms with E-state index in [-0.39, 0.29) is 16.3 Å². The first-order chi connectivity index (χ1) is 15.3. The van der Waals surface area contributed by atoms with Crippen molar-refractivity contribution >= 4 is 34.6 Å². The van der Waals surface area contributed by atoms with Crippen molar-refractivity contribution in [2.75, 3.05) is 16.8 Å². The van der Waals surface area contributed by atoms with Crippen LogP contribution in [0.4, 0.5) is 25.8 Å². The van der Waals surface area contributed by atoms with Crippen molar-refractivity contribution in [1.29, 1.82) is 0 Å². The zero-order chi connectivity index (χ0) is 22.8. The number of hydrogen-bond donors (Lipinski definition) is 1. The van der Waals surface area contributed by atoms with Gasteiger partial charge in [0.15, 0.2) is 0 Å². The van der Waals surface area contributed by atoms with Crippen LogP contribution in [0, 0.1) is 21.7 Å². The predicted molar refractivity (Wildman–Crippen MR) is 118 cm³/mol. The Balaban J connectivity index is 1.54. The summed E-state index contributed by atoms with van der Waals surface area (Å²) in [6, 6.07) is 12.6. The lowest BCUT2D eigenvalue weighted by Gasteiger charge is -2.32. The number of aryl methyl sites for hydroxylation is 1. The van der Waals surface area contributed by atoms with E-state index in [0.717, 1.165) is 42.8 Å². The number of benzene rings is 3. The molecule has 9 heteroatoms. The van der Waals surface area contributed by atoms with E-state index < -0.39 is 22.5 Å². The van der Waals surface area contributed by atoms with Gasteiger partial charge in [0.1, 0.15) is 11.6 Å². The lowest BCUT2D eigenvalue weighted by molar-refractivity contribution is -0.384. The Labute approximate surface area is 187 Å². The molecule has 0 aliphatic carbocycles. The minimum absolute atomic E-state index is 0.00648. The molecule has 164 valence electrons. The Hall–Kier alpha value is -3.52. The summed E-state index contributed by atoms with van der Waals surface area (Å²) < 4.78 is 27.3. The molecule has 1 heterocycles. The van der Waals surface area contributed by atoms with Crippen molar-refractivity contribution in [3.8, 4) is 0 Å². The Kier molecular flexibility index (Phi) is 6.05. The van der Waals surface area contributed by atoms with Gasteiger partial charge in [-0.05, 0) is 48.7 Å². The van der Waals surface area contributed by atoms with E-state index in [0.29, 0.717) is 17.8 Å². The Bertz CT molecular complexity index is 1220. The molecule has 1 aliphatic heterocycles. The van der Waals surface area contributed by atoms with Crippen LogP contribution in [-0.4, -0.2) is 17.4 Å². The first-order valence-electron chi connectivity index (χ1n) is 9.89. The first kappa shape index (κ1) is 21.7. The molecule has 32 heavy (non-hydrogen) atoms. The van der Waals surface area contributed by atoms with Gasteiger partial charge >= 0.3 is 0 Å². The summed E-state index contributed by atoms with van der Waals surface area (Å²) in [5.41, 5.74) is 2.58. The fourth-order valence-electron chi connectivity index (χ4n) is 3.77. The molecule has 1 N–H and O–H groups in total. The van der Waals surface area contributed by atoms with E-state index in [1.54, 1.807) is 6.07 Å². The second kappa shape index (κ2) is 8.92. The van der Waals surface area contributed by atoms with Crippen LogP contribution in [0.25, 0.3) is 0 Å². The van der Waals surface area contributed by atoms with Crippen LogP contribution in [0.2, 0.25) is 5.02 Å². The molecule has 0 saturated heterocycles. The lowest BCUT2D eigenvalue weighted by atomic mass is 10.00. The van der Waals surface area contributed by atoms with E-state index in [2.05, 4.69) is 5.32 Å². The second-order valence-electron chi connectivity index (χ2n) is 7.48. The van der Waals surface area contributed by atoms with Gasteiger partial charge < -0.3 is 10.2 Å². The number of nitro groups is 1. The van der Waals surface area contributed by atoms with Gasteiger partial charge in [-0.1, -0.05) is 17.7 Å². The largest absolute Gasteiger partial charge is 0.367 e. The molecule has 0 fully saturated rings. The van der Waals surface area contributed by atoms with Gasteiger partial charge in [0, 0.05) is 48.2 Å². The summed E-state index contributed by atoms with van der Waals surface area (Å²) >= 11 is 6.05. The van der Waals surface area contributed by atoms with E-state index in [4.69, 9.17) is 11.6 Å². The molecule has 0 bridgehead atoms. The van der Waals surface area contributed by atoms with Crippen molar-refractivity contribution in [2.24, 2.45) is 0 Å². The third-order valence-electron chi connectivity index (χ3n) is 5.33. The molecule has 0 unspecified atom stereocenters. The second-order valence-corrected chi connectivity index (χ2v) is 7.89. The average molecular weight is 458 g/mol. The van der Waals surface area contributed by atoms with Crippen LogP contribution in [0.1, 0.15) is 27.9 Å². The average Bonchev–Trinajstić information content (AvgIpc) is 2.75. The number of amides is 1. The fraction of sp³-hybridized carbons (Fsp3) is 0.174. The van der Waals surface area contributed by atoms with Crippen molar-refractivity contribution in [3.05, 3.63) is 98.1 Å². The van der Waals surface area contributed by atoms with E-state index in [1.165, 1.54) is 24.3 Å². The molecule has 0 atom stereocenters. The molecule has 0 aromatic heterocycles. The molecular formula is C23H18ClF2N3O3. The van der Waals surface area contributed by atoms with E-state index in [1.807, 2.05) is 17.0 Å². The summed E-state index contributed by atoms with van der Waals surface area (Å²) in [5, 5.41) is 13.8. The molecular weight excluding hydrogens is 440 g/mol. The van der Waals surface area contributed by atoms with E-state index >= 15 is 0 Å². The van der Waals surface area contributed by atoms with E-state index in [9.17, 15) is 23.7 Å². The Morgan fingerprint density at radius 1 is 1.12 bits per heavy atom. The topological polar surface area (TPSA) is 75.5 Å². The molecule has 3 aromatic carbocycles. The van der Waals surface area contributed by atoms with Crippen molar-refractivity contribution in [1.82, 2.24) is 0 Å². The number of halogens is 3. The van der Waals surface area contributed by atoms with Crippen LogP contribution in [0.3, 0.4) is 0 Å². The van der Waals surface area contributed by atoms with Gasteiger partial charge in [-0.15, -0.1) is 0 Å².